The molecule has 118 valence electrons. The van der Waals surface area contributed by atoms with E-state index in [0.29, 0.717) is 5.75 Å². The van der Waals surface area contributed by atoms with Crippen LogP contribution in [0.15, 0.2) is 78.9 Å². The summed E-state index contributed by atoms with van der Waals surface area (Å²) in [5, 5.41) is 11.0. The Labute approximate surface area is 141 Å². The van der Waals surface area contributed by atoms with Crippen LogP contribution >= 0.6 is 0 Å². The first-order valence-electron chi connectivity index (χ1n) is 8.14. The molecule has 0 saturated heterocycles. The van der Waals surface area contributed by atoms with E-state index >= 15 is 0 Å². The SMILES string of the molecule is Cc1cc2c(O)cccc2n1Cc1cccc(-c2ccccc2)c1. The van der Waals surface area contributed by atoms with Crippen molar-refractivity contribution in [2.75, 3.05) is 0 Å². The van der Waals surface area contributed by atoms with Gasteiger partial charge in [-0.2, -0.15) is 0 Å². The van der Waals surface area contributed by atoms with E-state index in [1.807, 2.05) is 18.2 Å². The molecule has 0 fully saturated rings. The van der Waals surface area contributed by atoms with Crippen LogP contribution in [0, 0.1) is 6.92 Å². The van der Waals surface area contributed by atoms with Gasteiger partial charge < -0.3 is 9.67 Å². The predicted molar refractivity (Wildman–Crippen MR) is 99.3 cm³/mol. The number of rotatable bonds is 3. The van der Waals surface area contributed by atoms with Gasteiger partial charge in [0.1, 0.15) is 5.75 Å². The Kier molecular flexibility index (Phi) is 3.58. The standard InChI is InChI=1S/C22H19NO/c1-16-13-20-21(11-6-12-22(20)24)23(16)15-17-7-5-10-19(14-17)18-8-3-2-4-9-18/h2-14,24H,15H2,1H3. The highest BCUT2D eigenvalue weighted by Gasteiger charge is 2.09. The lowest BCUT2D eigenvalue weighted by Gasteiger charge is -2.10. The van der Waals surface area contributed by atoms with Crippen molar-refractivity contribution in [2.45, 2.75) is 13.5 Å². The summed E-state index contributed by atoms with van der Waals surface area (Å²) in [7, 11) is 0. The van der Waals surface area contributed by atoms with Crippen LogP contribution in [0.2, 0.25) is 0 Å². The number of fused-ring (bicyclic) bond motifs is 1. The number of aryl methyl sites for hydroxylation is 1. The maximum Gasteiger partial charge on any atom is 0.124 e. The van der Waals surface area contributed by atoms with E-state index in [1.54, 1.807) is 6.07 Å². The van der Waals surface area contributed by atoms with E-state index < -0.39 is 0 Å². The van der Waals surface area contributed by atoms with Gasteiger partial charge in [0.05, 0.1) is 5.52 Å². The fourth-order valence-electron chi connectivity index (χ4n) is 3.27. The molecule has 0 bridgehead atoms. The molecular formula is C22H19NO. The summed E-state index contributed by atoms with van der Waals surface area (Å²) in [6, 6.07) is 26.8. The summed E-state index contributed by atoms with van der Waals surface area (Å²) in [6.07, 6.45) is 0. The third-order valence-electron chi connectivity index (χ3n) is 4.50. The number of phenols is 1. The highest BCUT2D eigenvalue weighted by atomic mass is 16.3. The van der Waals surface area contributed by atoms with Crippen molar-refractivity contribution in [3.63, 3.8) is 0 Å². The molecular weight excluding hydrogens is 294 g/mol. The van der Waals surface area contributed by atoms with Gasteiger partial charge >= 0.3 is 0 Å². The van der Waals surface area contributed by atoms with E-state index in [9.17, 15) is 5.11 Å². The molecule has 0 amide bonds. The first-order valence-corrected chi connectivity index (χ1v) is 8.14. The van der Waals surface area contributed by atoms with E-state index in [1.165, 1.54) is 16.7 Å². The molecule has 0 aliphatic rings. The molecule has 0 unspecified atom stereocenters. The third kappa shape index (κ3) is 2.56. The smallest absolute Gasteiger partial charge is 0.124 e. The van der Waals surface area contributed by atoms with E-state index in [-0.39, 0.29) is 0 Å². The van der Waals surface area contributed by atoms with Crippen molar-refractivity contribution in [3.05, 3.63) is 90.1 Å². The van der Waals surface area contributed by atoms with Crippen LogP contribution in [0.4, 0.5) is 0 Å². The van der Waals surface area contributed by atoms with Crippen molar-refractivity contribution >= 4 is 10.9 Å². The molecule has 0 spiro atoms. The largest absolute Gasteiger partial charge is 0.507 e. The lowest BCUT2D eigenvalue weighted by atomic mass is 10.0. The molecule has 4 aromatic rings. The van der Waals surface area contributed by atoms with Gasteiger partial charge in [0, 0.05) is 17.6 Å². The Morgan fingerprint density at radius 3 is 2.38 bits per heavy atom. The summed E-state index contributed by atoms with van der Waals surface area (Å²) in [4.78, 5) is 0. The second-order valence-corrected chi connectivity index (χ2v) is 6.15. The monoisotopic (exact) mass is 313 g/mol. The predicted octanol–water partition coefficient (Wildman–Crippen LogP) is 5.37. The molecule has 0 radical (unpaired) electrons. The molecule has 0 aliphatic heterocycles. The minimum atomic E-state index is 0.340. The number of nitrogens with zero attached hydrogens (tertiary/aromatic N) is 1. The Morgan fingerprint density at radius 2 is 1.54 bits per heavy atom. The molecule has 1 heterocycles. The van der Waals surface area contributed by atoms with Crippen molar-refractivity contribution < 1.29 is 5.11 Å². The molecule has 1 N–H and O–H groups in total. The molecule has 2 heteroatoms. The van der Waals surface area contributed by atoms with Gasteiger partial charge in [-0.05, 0) is 47.9 Å². The lowest BCUT2D eigenvalue weighted by molar-refractivity contribution is 0.481. The van der Waals surface area contributed by atoms with Crippen LogP contribution < -0.4 is 0 Å². The second-order valence-electron chi connectivity index (χ2n) is 6.15. The summed E-state index contributed by atoms with van der Waals surface area (Å²) in [5.41, 5.74) is 5.92. The summed E-state index contributed by atoms with van der Waals surface area (Å²) >= 11 is 0. The topological polar surface area (TPSA) is 25.2 Å². The van der Waals surface area contributed by atoms with Gasteiger partial charge in [0.2, 0.25) is 0 Å². The highest BCUT2D eigenvalue weighted by molar-refractivity contribution is 5.87. The zero-order valence-corrected chi connectivity index (χ0v) is 13.6. The molecule has 2 nitrogen and oxygen atoms in total. The number of hydrogen-bond acceptors (Lipinski definition) is 1. The van der Waals surface area contributed by atoms with Crippen LogP contribution in [-0.4, -0.2) is 9.67 Å². The van der Waals surface area contributed by atoms with Crippen molar-refractivity contribution in [3.8, 4) is 16.9 Å². The van der Waals surface area contributed by atoms with Crippen LogP contribution in [0.25, 0.3) is 22.0 Å². The number of benzene rings is 3. The van der Waals surface area contributed by atoms with Gasteiger partial charge in [-0.25, -0.2) is 0 Å². The first-order chi connectivity index (χ1) is 11.7. The molecule has 3 aromatic carbocycles. The minimum absolute atomic E-state index is 0.340. The third-order valence-corrected chi connectivity index (χ3v) is 4.50. The Balaban J connectivity index is 1.74. The number of phenolic OH excluding ortho intramolecular Hbond substituents is 1. The van der Waals surface area contributed by atoms with Crippen molar-refractivity contribution in [2.24, 2.45) is 0 Å². The lowest BCUT2D eigenvalue weighted by Crippen LogP contribution is -2.01. The summed E-state index contributed by atoms with van der Waals surface area (Å²) < 4.78 is 2.25. The van der Waals surface area contributed by atoms with Crippen LogP contribution in [-0.2, 0) is 6.54 Å². The normalized spacial score (nSPS) is 11.0. The first kappa shape index (κ1) is 14.6. The van der Waals surface area contributed by atoms with E-state index in [0.717, 1.165) is 23.1 Å². The highest BCUT2D eigenvalue weighted by Crippen LogP contribution is 2.29. The quantitative estimate of drug-likeness (QED) is 0.540. The van der Waals surface area contributed by atoms with Crippen LogP contribution in [0.5, 0.6) is 5.75 Å². The van der Waals surface area contributed by atoms with Crippen molar-refractivity contribution in [1.29, 1.82) is 0 Å². The number of aromatic nitrogens is 1. The maximum atomic E-state index is 10.1. The van der Waals surface area contributed by atoms with Crippen LogP contribution in [0.1, 0.15) is 11.3 Å². The summed E-state index contributed by atoms with van der Waals surface area (Å²) in [5.74, 6) is 0.340. The van der Waals surface area contributed by atoms with Crippen LogP contribution in [0.3, 0.4) is 0 Å². The number of aromatic hydroxyl groups is 1. The molecule has 0 saturated carbocycles. The minimum Gasteiger partial charge on any atom is -0.507 e. The zero-order valence-electron chi connectivity index (χ0n) is 13.6. The number of hydrogen-bond donors (Lipinski definition) is 1. The van der Waals surface area contributed by atoms with Gasteiger partial charge in [-0.15, -0.1) is 0 Å². The Morgan fingerprint density at radius 1 is 0.792 bits per heavy atom. The van der Waals surface area contributed by atoms with Gasteiger partial charge in [-0.1, -0.05) is 54.6 Å². The second kappa shape index (κ2) is 5.89. The van der Waals surface area contributed by atoms with Gasteiger partial charge in [-0.3, -0.25) is 0 Å². The molecule has 4 rings (SSSR count). The average Bonchev–Trinajstić information content (AvgIpc) is 2.93. The average molecular weight is 313 g/mol. The fourth-order valence-corrected chi connectivity index (χ4v) is 3.27. The molecule has 24 heavy (non-hydrogen) atoms. The van der Waals surface area contributed by atoms with E-state index in [2.05, 4.69) is 66.1 Å². The van der Waals surface area contributed by atoms with E-state index in [4.69, 9.17) is 0 Å². The van der Waals surface area contributed by atoms with Gasteiger partial charge in [0.25, 0.3) is 0 Å². The molecule has 0 aliphatic carbocycles. The Bertz CT molecular complexity index is 999. The maximum absolute atomic E-state index is 10.1. The fraction of sp³-hybridized carbons (Fsp3) is 0.0909. The molecule has 1 aromatic heterocycles. The van der Waals surface area contributed by atoms with Crippen molar-refractivity contribution in [1.82, 2.24) is 4.57 Å². The summed E-state index contributed by atoms with van der Waals surface area (Å²) in [6.45, 7) is 2.87. The Hall–Kier alpha value is -3.00. The zero-order chi connectivity index (χ0) is 16.5. The molecule has 0 atom stereocenters. The van der Waals surface area contributed by atoms with Gasteiger partial charge in [0.15, 0.2) is 0 Å².